The molecule has 2 amide bonds. The summed E-state index contributed by atoms with van der Waals surface area (Å²) in [7, 11) is 0. The Balaban J connectivity index is 1.48. The van der Waals surface area contributed by atoms with E-state index in [-0.39, 0.29) is 6.03 Å². The summed E-state index contributed by atoms with van der Waals surface area (Å²) in [6.07, 6.45) is 5.81. The van der Waals surface area contributed by atoms with Gasteiger partial charge in [0.1, 0.15) is 0 Å². The van der Waals surface area contributed by atoms with E-state index in [1.807, 2.05) is 42.5 Å². The number of nitrogens with zero attached hydrogens (tertiary/aromatic N) is 4. The highest BCUT2D eigenvalue weighted by Gasteiger charge is 2.03. The molecule has 0 aliphatic heterocycles. The molecule has 0 aliphatic rings. The molecule has 7 nitrogen and oxygen atoms in total. The lowest BCUT2D eigenvalue weighted by Gasteiger charge is -2.08. The van der Waals surface area contributed by atoms with Crippen molar-refractivity contribution in [2.45, 2.75) is 6.42 Å². The minimum atomic E-state index is -0.241. The standard InChI is InChI=1S/C16H16N6O/c23-16(18-10-8-13-3-1-2-9-17-13)20-14-4-6-15(7-5-14)22-12-11-19-21-22/h1-7,9,11-12H,8,10H2,(H2,18,20,23). The molecule has 7 heteroatoms. The van der Waals surface area contributed by atoms with Gasteiger partial charge in [0, 0.05) is 30.5 Å². The van der Waals surface area contributed by atoms with Gasteiger partial charge in [-0.2, -0.15) is 0 Å². The molecule has 0 atom stereocenters. The molecule has 116 valence electrons. The zero-order chi connectivity index (χ0) is 15.9. The van der Waals surface area contributed by atoms with Crippen LogP contribution in [0.5, 0.6) is 0 Å². The summed E-state index contributed by atoms with van der Waals surface area (Å²) in [5, 5.41) is 13.3. The van der Waals surface area contributed by atoms with Crippen LogP contribution in [0.3, 0.4) is 0 Å². The second-order valence-corrected chi connectivity index (χ2v) is 4.85. The van der Waals surface area contributed by atoms with E-state index >= 15 is 0 Å². The maximum absolute atomic E-state index is 11.8. The maximum Gasteiger partial charge on any atom is 0.319 e. The van der Waals surface area contributed by atoms with Crippen LogP contribution in [0.1, 0.15) is 5.69 Å². The minimum absolute atomic E-state index is 0.241. The summed E-state index contributed by atoms with van der Waals surface area (Å²) in [6, 6.07) is 12.8. The lowest BCUT2D eigenvalue weighted by Crippen LogP contribution is -2.30. The van der Waals surface area contributed by atoms with E-state index in [4.69, 9.17) is 0 Å². The van der Waals surface area contributed by atoms with Crippen LogP contribution in [0, 0.1) is 0 Å². The highest BCUT2D eigenvalue weighted by Crippen LogP contribution is 2.11. The van der Waals surface area contributed by atoms with Crippen molar-refractivity contribution in [2.24, 2.45) is 0 Å². The van der Waals surface area contributed by atoms with Gasteiger partial charge in [0.15, 0.2) is 0 Å². The fourth-order valence-corrected chi connectivity index (χ4v) is 2.07. The summed E-state index contributed by atoms with van der Waals surface area (Å²) in [4.78, 5) is 16.1. The molecule has 0 spiro atoms. The first-order valence-corrected chi connectivity index (χ1v) is 7.23. The van der Waals surface area contributed by atoms with Crippen molar-refractivity contribution in [3.63, 3.8) is 0 Å². The first-order chi connectivity index (χ1) is 11.3. The Labute approximate surface area is 133 Å². The largest absolute Gasteiger partial charge is 0.337 e. The Bertz CT molecular complexity index is 740. The Morgan fingerprint density at radius 1 is 1.09 bits per heavy atom. The molecule has 0 bridgehead atoms. The van der Waals surface area contributed by atoms with Gasteiger partial charge in [-0.1, -0.05) is 11.3 Å². The summed E-state index contributed by atoms with van der Waals surface area (Å²) in [6.45, 7) is 0.528. The van der Waals surface area contributed by atoms with E-state index in [9.17, 15) is 4.79 Å². The van der Waals surface area contributed by atoms with Gasteiger partial charge >= 0.3 is 6.03 Å². The number of rotatable bonds is 5. The average molecular weight is 308 g/mol. The first-order valence-electron chi connectivity index (χ1n) is 7.23. The third kappa shape index (κ3) is 4.13. The number of carbonyl (C=O) groups excluding carboxylic acids is 1. The van der Waals surface area contributed by atoms with Crippen molar-refractivity contribution in [2.75, 3.05) is 11.9 Å². The molecule has 3 aromatic rings. The van der Waals surface area contributed by atoms with Crippen molar-refractivity contribution in [1.29, 1.82) is 0 Å². The predicted octanol–water partition coefficient (Wildman–Crippen LogP) is 2.03. The number of urea groups is 1. The number of hydrogen-bond acceptors (Lipinski definition) is 4. The van der Waals surface area contributed by atoms with E-state index in [0.717, 1.165) is 11.4 Å². The summed E-state index contributed by atoms with van der Waals surface area (Å²) >= 11 is 0. The summed E-state index contributed by atoms with van der Waals surface area (Å²) in [5.41, 5.74) is 2.54. The number of nitrogens with one attached hydrogen (secondary N) is 2. The summed E-state index contributed by atoms with van der Waals surface area (Å²) in [5.74, 6) is 0. The van der Waals surface area contributed by atoms with Crippen LogP contribution < -0.4 is 10.6 Å². The van der Waals surface area contributed by atoms with Crippen molar-refractivity contribution in [3.8, 4) is 5.69 Å². The zero-order valence-corrected chi connectivity index (χ0v) is 12.4. The van der Waals surface area contributed by atoms with Crippen molar-refractivity contribution >= 4 is 11.7 Å². The molecule has 1 aromatic carbocycles. The van der Waals surface area contributed by atoms with E-state index in [0.29, 0.717) is 18.7 Å². The van der Waals surface area contributed by atoms with Gasteiger partial charge < -0.3 is 10.6 Å². The fourth-order valence-electron chi connectivity index (χ4n) is 2.07. The van der Waals surface area contributed by atoms with Crippen LogP contribution in [0.4, 0.5) is 10.5 Å². The molecule has 0 unspecified atom stereocenters. The van der Waals surface area contributed by atoms with E-state index in [1.165, 1.54) is 0 Å². The normalized spacial score (nSPS) is 10.3. The number of anilines is 1. The Morgan fingerprint density at radius 3 is 2.65 bits per heavy atom. The number of pyridine rings is 1. The van der Waals surface area contributed by atoms with Gasteiger partial charge in [-0.25, -0.2) is 9.48 Å². The average Bonchev–Trinajstić information content (AvgIpc) is 3.11. The SMILES string of the molecule is O=C(NCCc1ccccn1)Nc1ccc(-n2ccnn2)cc1. The van der Waals surface area contributed by atoms with Crippen molar-refractivity contribution in [3.05, 3.63) is 66.7 Å². The van der Waals surface area contributed by atoms with E-state index in [2.05, 4.69) is 25.9 Å². The van der Waals surface area contributed by atoms with Gasteiger partial charge in [0.2, 0.25) is 0 Å². The highest BCUT2D eigenvalue weighted by molar-refractivity contribution is 5.89. The molecule has 0 aliphatic carbocycles. The number of hydrogen-bond donors (Lipinski definition) is 2. The fraction of sp³-hybridized carbons (Fsp3) is 0.125. The molecule has 2 heterocycles. The van der Waals surface area contributed by atoms with Gasteiger partial charge in [-0.05, 0) is 36.4 Å². The minimum Gasteiger partial charge on any atom is -0.337 e. The highest BCUT2D eigenvalue weighted by atomic mass is 16.2. The van der Waals surface area contributed by atoms with Crippen LogP contribution in [0.15, 0.2) is 61.1 Å². The first kappa shape index (κ1) is 14.7. The van der Waals surface area contributed by atoms with Gasteiger partial charge in [-0.3, -0.25) is 4.98 Å². The predicted molar refractivity (Wildman–Crippen MR) is 86.3 cm³/mol. The molecule has 2 N–H and O–H groups in total. The molecule has 2 aromatic heterocycles. The van der Waals surface area contributed by atoms with Crippen LogP contribution >= 0.6 is 0 Å². The number of amides is 2. The number of carbonyl (C=O) groups is 1. The number of benzene rings is 1. The molecule has 0 fully saturated rings. The lowest BCUT2D eigenvalue weighted by molar-refractivity contribution is 0.252. The van der Waals surface area contributed by atoms with Crippen LogP contribution in [0.25, 0.3) is 5.69 Å². The topological polar surface area (TPSA) is 84.7 Å². The Hall–Kier alpha value is -3.22. The molecule has 23 heavy (non-hydrogen) atoms. The molecule has 0 saturated heterocycles. The zero-order valence-electron chi connectivity index (χ0n) is 12.4. The third-order valence-electron chi connectivity index (χ3n) is 3.21. The molecular formula is C16H16N6O. The van der Waals surface area contributed by atoms with Crippen LogP contribution in [-0.2, 0) is 6.42 Å². The Morgan fingerprint density at radius 2 is 1.96 bits per heavy atom. The van der Waals surface area contributed by atoms with Gasteiger partial charge in [0.05, 0.1) is 18.1 Å². The van der Waals surface area contributed by atoms with Gasteiger partial charge in [0.25, 0.3) is 0 Å². The number of aromatic nitrogens is 4. The monoisotopic (exact) mass is 308 g/mol. The third-order valence-corrected chi connectivity index (χ3v) is 3.21. The quantitative estimate of drug-likeness (QED) is 0.755. The van der Waals surface area contributed by atoms with Crippen molar-refractivity contribution in [1.82, 2.24) is 25.3 Å². The maximum atomic E-state index is 11.8. The molecule has 3 rings (SSSR count). The molecule has 0 saturated carbocycles. The van der Waals surface area contributed by atoms with Crippen molar-refractivity contribution < 1.29 is 4.79 Å². The smallest absolute Gasteiger partial charge is 0.319 e. The Kier molecular flexibility index (Phi) is 4.58. The molecule has 0 radical (unpaired) electrons. The molecular weight excluding hydrogens is 292 g/mol. The van der Waals surface area contributed by atoms with E-state index in [1.54, 1.807) is 23.3 Å². The van der Waals surface area contributed by atoms with Crippen LogP contribution in [0.2, 0.25) is 0 Å². The second kappa shape index (κ2) is 7.17. The van der Waals surface area contributed by atoms with Gasteiger partial charge in [-0.15, -0.1) is 5.10 Å². The second-order valence-electron chi connectivity index (χ2n) is 4.85. The van der Waals surface area contributed by atoms with Crippen LogP contribution in [-0.4, -0.2) is 32.6 Å². The summed E-state index contributed by atoms with van der Waals surface area (Å²) < 4.78 is 1.65. The lowest BCUT2D eigenvalue weighted by atomic mass is 10.2. The van der Waals surface area contributed by atoms with E-state index < -0.39 is 0 Å².